The number of ketones is 1. The first-order valence-corrected chi connectivity index (χ1v) is 10.2. The molecule has 0 fully saturated rings. The van der Waals surface area contributed by atoms with Crippen molar-refractivity contribution in [2.45, 2.75) is 6.92 Å². The smallest absolute Gasteiger partial charge is 0.256 e. The molecule has 2 N–H and O–H groups in total. The number of amides is 1. The van der Waals surface area contributed by atoms with Gasteiger partial charge >= 0.3 is 0 Å². The summed E-state index contributed by atoms with van der Waals surface area (Å²) in [5.41, 5.74) is 3.81. The van der Waals surface area contributed by atoms with Gasteiger partial charge in [-0.05, 0) is 72.7 Å². The van der Waals surface area contributed by atoms with Crippen LogP contribution in [-0.4, -0.2) is 37.0 Å². The Balaban J connectivity index is 1.62. The van der Waals surface area contributed by atoms with E-state index in [9.17, 15) is 14.0 Å². The number of rotatable bonds is 8. The summed E-state index contributed by atoms with van der Waals surface area (Å²) in [7, 11) is 1.90. The standard InChI is InChI=1S/C26H25FN2O3/c1-18-3-9-21(27)17-24(18)26(32)28-22-10-7-20(8-11-22)25(31)14-6-19-4-12-23(13-5-19)29(2)15-16-30/h3-14,17,30H,15-16H2,1-2H3,(H,28,32)/b14-6+. The average Bonchev–Trinajstić information content (AvgIpc) is 2.80. The number of aliphatic hydroxyl groups is 1. The van der Waals surface area contributed by atoms with Gasteiger partial charge < -0.3 is 15.3 Å². The van der Waals surface area contributed by atoms with E-state index in [1.807, 2.05) is 36.2 Å². The van der Waals surface area contributed by atoms with Gasteiger partial charge in [0.25, 0.3) is 5.91 Å². The van der Waals surface area contributed by atoms with Crippen molar-refractivity contribution in [3.8, 4) is 0 Å². The lowest BCUT2D eigenvalue weighted by molar-refractivity contribution is 0.102. The molecular formula is C26H25FN2O3. The maximum absolute atomic E-state index is 13.4. The van der Waals surface area contributed by atoms with Crippen molar-refractivity contribution in [2.24, 2.45) is 0 Å². The molecule has 0 spiro atoms. The van der Waals surface area contributed by atoms with Crippen LogP contribution in [-0.2, 0) is 0 Å². The third-order valence-corrected chi connectivity index (χ3v) is 5.07. The number of aliphatic hydroxyl groups excluding tert-OH is 1. The number of hydrogen-bond donors (Lipinski definition) is 2. The summed E-state index contributed by atoms with van der Waals surface area (Å²) >= 11 is 0. The number of carbonyl (C=O) groups is 2. The van der Waals surface area contributed by atoms with Gasteiger partial charge in [0.1, 0.15) is 5.82 Å². The molecular weight excluding hydrogens is 407 g/mol. The molecule has 6 heteroatoms. The number of allylic oxidation sites excluding steroid dienone is 1. The number of aryl methyl sites for hydroxylation is 1. The van der Waals surface area contributed by atoms with Gasteiger partial charge in [0, 0.05) is 36.1 Å². The fourth-order valence-electron chi connectivity index (χ4n) is 3.14. The Labute approximate surface area is 186 Å². The second-order valence-corrected chi connectivity index (χ2v) is 7.42. The zero-order chi connectivity index (χ0) is 23.1. The number of likely N-dealkylation sites (N-methyl/N-ethyl adjacent to an activating group) is 1. The van der Waals surface area contributed by atoms with Gasteiger partial charge in [-0.1, -0.05) is 24.3 Å². The Morgan fingerprint density at radius 1 is 1.03 bits per heavy atom. The van der Waals surface area contributed by atoms with E-state index in [0.717, 1.165) is 11.3 Å². The van der Waals surface area contributed by atoms with Crippen LogP contribution in [0.2, 0.25) is 0 Å². The molecule has 0 atom stereocenters. The quantitative estimate of drug-likeness (QED) is 0.400. The first kappa shape index (κ1) is 22.9. The van der Waals surface area contributed by atoms with Crippen molar-refractivity contribution in [1.82, 2.24) is 0 Å². The maximum Gasteiger partial charge on any atom is 0.256 e. The SMILES string of the molecule is Cc1ccc(F)cc1C(=O)Nc1ccc(C(=O)/C=C/c2ccc(N(C)CCO)cc2)cc1. The molecule has 0 aliphatic heterocycles. The normalized spacial score (nSPS) is 10.9. The van der Waals surface area contributed by atoms with Gasteiger partial charge in [0.05, 0.1) is 6.61 Å². The molecule has 0 aliphatic rings. The first-order chi connectivity index (χ1) is 15.4. The number of anilines is 2. The van der Waals surface area contributed by atoms with Gasteiger partial charge in [-0.15, -0.1) is 0 Å². The van der Waals surface area contributed by atoms with Gasteiger partial charge in [-0.2, -0.15) is 0 Å². The van der Waals surface area contributed by atoms with E-state index in [-0.39, 0.29) is 18.0 Å². The molecule has 0 unspecified atom stereocenters. The minimum Gasteiger partial charge on any atom is -0.395 e. The monoisotopic (exact) mass is 432 g/mol. The molecule has 0 heterocycles. The average molecular weight is 432 g/mol. The van der Waals surface area contributed by atoms with Gasteiger partial charge in [0.15, 0.2) is 5.78 Å². The fraction of sp³-hybridized carbons (Fsp3) is 0.154. The first-order valence-electron chi connectivity index (χ1n) is 10.2. The molecule has 3 aromatic carbocycles. The fourth-order valence-corrected chi connectivity index (χ4v) is 3.14. The largest absolute Gasteiger partial charge is 0.395 e. The van der Waals surface area contributed by atoms with Crippen molar-refractivity contribution in [3.63, 3.8) is 0 Å². The van der Waals surface area contributed by atoms with E-state index in [1.165, 1.54) is 18.2 Å². The zero-order valence-corrected chi connectivity index (χ0v) is 18.0. The van der Waals surface area contributed by atoms with Crippen molar-refractivity contribution in [2.75, 3.05) is 30.4 Å². The van der Waals surface area contributed by atoms with Crippen LogP contribution in [0.3, 0.4) is 0 Å². The van der Waals surface area contributed by atoms with Crippen LogP contribution in [0.4, 0.5) is 15.8 Å². The lowest BCUT2D eigenvalue weighted by atomic mass is 10.1. The Morgan fingerprint density at radius 3 is 2.38 bits per heavy atom. The molecule has 0 radical (unpaired) electrons. The highest BCUT2D eigenvalue weighted by Gasteiger charge is 2.11. The predicted octanol–water partition coefficient (Wildman–Crippen LogP) is 4.71. The van der Waals surface area contributed by atoms with Crippen molar-refractivity contribution in [1.29, 1.82) is 0 Å². The Morgan fingerprint density at radius 2 is 1.72 bits per heavy atom. The Kier molecular flexibility index (Phi) is 7.52. The molecule has 3 aromatic rings. The summed E-state index contributed by atoms with van der Waals surface area (Å²) in [5.74, 6) is -1.04. The minimum atomic E-state index is -0.472. The molecule has 0 saturated heterocycles. The summed E-state index contributed by atoms with van der Waals surface area (Å²) in [5, 5.41) is 11.7. The second-order valence-electron chi connectivity index (χ2n) is 7.42. The minimum absolute atomic E-state index is 0.0829. The topological polar surface area (TPSA) is 69.6 Å². The molecule has 5 nitrogen and oxygen atoms in total. The van der Waals surface area contributed by atoms with Gasteiger partial charge in [-0.25, -0.2) is 4.39 Å². The van der Waals surface area contributed by atoms with Crippen molar-refractivity contribution < 1.29 is 19.1 Å². The summed E-state index contributed by atoms with van der Waals surface area (Å²) in [6.45, 7) is 2.37. The highest BCUT2D eigenvalue weighted by molar-refractivity contribution is 6.08. The van der Waals surface area contributed by atoms with Crippen LogP contribution in [0, 0.1) is 12.7 Å². The number of benzene rings is 3. The van der Waals surface area contributed by atoms with E-state index >= 15 is 0 Å². The van der Waals surface area contributed by atoms with Crippen molar-refractivity contribution in [3.05, 3.63) is 101 Å². The third-order valence-electron chi connectivity index (χ3n) is 5.07. The maximum atomic E-state index is 13.4. The van der Waals surface area contributed by atoms with E-state index in [1.54, 1.807) is 43.3 Å². The molecule has 0 aromatic heterocycles. The number of halogens is 1. The van der Waals surface area contributed by atoms with E-state index in [2.05, 4.69) is 5.32 Å². The van der Waals surface area contributed by atoms with E-state index < -0.39 is 11.7 Å². The van der Waals surface area contributed by atoms with Gasteiger partial charge in [0.2, 0.25) is 0 Å². The number of carbonyl (C=O) groups excluding carboxylic acids is 2. The summed E-state index contributed by atoms with van der Waals surface area (Å²) in [4.78, 5) is 26.8. The third kappa shape index (κ3) is 5.89. The summed E-state index contributed by atoms with van der Waals surface area (Å²) < 4.78 is 13.4. The predicted molar refractivity (Wildman–Crippen MR) is 126 cm³/mol. The van der Waals surface area contributed by atoms with E-state index in [4.69, 9.17) is 5.11 Å². The highest BCUT2D eigenvalue weighted by atomic mass is 19.1. The second kappa shape index (κ2) is 10.5. The number of nitrogens with zero attached hydrogens (tertiary/aromatic N) is 1. The number of hydrogen-bond acceptors (Lipinski definition) is 4. The molecule has 3 rings (SSSR count). The van der Waals surface area contributed by atoms with Gasteiger partial charge in [-0.3, -0.25) is 9.59 Å². The molecule has 32 heavy (non-hydrogen) atoms. The van der Waals surface area contributed by atoms with Crippen molar-refractivity contribution >= 4 is 29.1 Å². The summed E-state index contributed by atoms with van der Waals surface area (Å²) in [6, 6.07) is 18.3. The van der Waals surface area contributed by atoms with E-state index in [0.29, 0.717) is 23.4 Å². The Bertz CT molecular complexity index is 1120. The lowest BCUT2D eigenvalue weighted by Crippen LogP contribution is -2.20. The highest BCUT2D eigenvalue weighted by Crippen LogP contribution is 2.17. The summed E-state index contributed by atoms with van der Waals surface area (Å²) in [6.07, 6.45) is 3.23. The Hall–Kier alpha value is -3.77. The molecule has 0 bridgehead atoms. The van der Waals surface area contributed by atoms with Crippen LogP contribution in [0.1, 0.15) is 31.8 Å². The van der Waals surface area contributed by atoms with Crippen LogP contribution >= 0.6 is 0 Å². The van der Waals surface area contributed by atoms with Crippen LogP contribution < -0.4 is 10.2 Å². The molecule has 164 valence electrons. The van der Waals surface area contributed by atoms with Crippen LogP contribution in [0.25, 0.3) is 6.08 Å². The lowest BCUT2D eigenvalue weighted by Gasteiger charge is -2.17. The molecule has 0 aliphatic carbocycles. The van der Waals surface area contributed by atoms with Crippen LogP contribution in [0.15, 0.2) is 72.8 Å². The zero-order valence-electron chi connectivity index (χ0n) is 18.0. The molecule has 0 saturated carbocycles. The molecule has 1 amide bonds. The number of nitrogens with one attached hydrogen (secondary N) is 1. The van der Waals surface area contributed by atoms with Crippen LogP contribution in [0.5, 0.6) is 0 Å².